The fourth-order valence-electron chi connectivity index (χ4n) is 6.31. The van der Waals surface area contributed by atoms with E-state index in [9.17, 15) is 37.3 Å². The summed E-state index contributed by atoms with van der Waals surface area (Å²) in [5, 5.41) is 50.9. The summed E-state index contributed by atoms with van der Waals surface area (Å²) in [7, 11) is -7.51. The number of nitrogens with zero attached hydrogens (tertiary/aromatic N) is 2. The van der Waals surface area contributed by atoms with E-state index < -0.39 is 25.6 Å². The minimum absolute atomic E-state index is 0.00301. The van der Waals surface area contributed by atoms with E-state index in [1.54, 1.807) is 95.5 Å². The van der Waals surface area contributed by atoms with Crippen LogP contribution in [0, 0.1) is 13.8 Å². The maximum absolute atomic E-state index is 12.9. The number of anilines is 2. The largest absolute Gasteiger partial charge is 0.506 e. The molecule has 16 heteroatoms. The third-order valence-electron chi connectivity index (χ3n) is 9.35. The molecule has 0 atom stereocenters. The van der Waals surface area contributed by atoms with Gasteiger partial charge >= 0.3 is 0 Å². The van der Waals surface area contributed by atoms with Crippen LogP contribution in [0.4, 0.5) is 11.4 Å². The minimum atomic E-state index is -3.82. The van der Waals surface area contributed by atoms with Gasteiger partial charge in [-0.3, -0.25) is 9.97 Å². The van der Waals surface area contributed by atoms with Gasteiger partial charge in [0.1, 0.15) is 11.5 Å². The lowest BCUT2D eigenvalue weighted by Gasteiger charge is -2.21. The summed E-state index contributed by atoms with van der Waals surface area (Å²) in [5.41, 5.74) is 6.88. The van der Waals surface area contributed by atoms with Crippen molar-refractivity contribution in [3.05, 3.63) is 143 Å². The topological polar surface area (TPSA) is 237 Å². The van der Waals surface area contributed by atoms with Gasteiger partial charge in [0.2, 0.25) is 20.0 Å². The maximum Gasteiger partial charge on any atom is 0.241 e. The molecule has 0 fully saturated rings. The molecule has 0 radical (unpaired) electrons. The van der Waals surface area contributed by atoms with Crippen molar-refractivity contribution in [3.8, 4) is 33.8 Å². The number of hydrogen-bond donors (Lipinski definition) is 8. The van der Waals surface area contributed by atoms with Gasteiger partial charge in [-0.1, -0.05) is 60.7 Å². The first kappa shape index (κ1) is 45.2. The summed E-state index contributed by atoms with van der Waals surface area (Å²) in [6.07, 6.45) is 3.25. The number of primary sulfonamides is 1. The van der Waals surface area contributed by atoms with Crippen LogP contribution in [-0.4, -0.2) is 52.8 Å². The highest BCUT2D eigenvalue weighted by Gasteiger charge is 2.25. The van der Waals surface area contributed by atoms with Gasteiger partial charge in [-0.15, -0.1) is 0 Å². The number of sulfonamides is 2. The SMILES string of the molecule is Cc1ncc(CNc2ccc(-c3ccccc3S(=O)(=O)NC(C)(C)C)cc2)c(CO)c1O.Cc1ncc(CNc2ccc(-c3ccccc3S(N)(=O)=O)cc2)c(CO)c1O. The van der Waals surface area contributed by atoms with Crippen molar-refractivity contribution in [1.82, 2.24) is 14.7 Å². The Labute approximate surface area is 350 Å². The predicted octanol–water partition coefficient (Wildman–Crippen LogP) is 6.46. The third-order valence-corrected chi connectivity index (χ3v) is 12.1. The second-order valence-corrected chi connectivity index (χ2v) is 18.1. The summed E-state index contributed by atoms with van der Waals surface area (Å²) in [6.45, 7) is 8.94. The van der Waals surface area contributed by atoms with Crippen molar-refractivity contribution in [1.29, 1.82) is 0 Å². The Balaban J connectivity index is 0.000000230. The van der Waals surface area contributed by atoms with Crippen molar-refractivity contribution in [2.24, 2.45) is 5.14 Å². The van der Waals surface area contributed by atoms with E-state index in [4.69, 9.17) is 5.14 Å². The number of aromatic hydroxyl groups is 2. The Morgan fingerprint density at radius 2 is 0.983 bits per heavy atom. The predicted molar refractivity (Wildman–Crippen MR) is 233 cm³/mol. The quantitative estimate of drug-likeness (QED) is 0.0625. The lowest BCUT2D eigenvalue weighted by Crippen LogP contribution is -2.40. The lowest BCUT2D eigenvalue weighted by molar-refractivity contribution is 0.273. The van der Waals surface area contributed by atoms with Crippen LogP contribution in [0.1, 0.15) is 54.4 Å². The fraction of sp³-hybridized carbons (Fsp3) is 0.227. The van der Waals surface area contributed by atoms with Gasteiger partial charge < -0.3 is 31.1 Å². The lowest BCUT2D eigenvalue weighted by atomic mass is 10.1. The summed E-state index contributed by atoms with van der Waals surface area (Å²) < 4.78 is 52.1. The van der Waals surface area contributed by atoms with Crippen molar-refractivity contribution < 1.29 is 37.3 Å². The third kappa shape index (κ3) is 11.2. The van der Waals surface area contributed by atoms with Crippen molar-refractivity contribution in [3.63, 3.8) is 0 Å². The van der Waals surface area contributed by atoms with E-state index in [2.05, 4.69) is 25.3 Å². The van der Waals surface area contributed by atoms with Gasteiger partial charge in [0.05, 0.1) is 34.4 Å². The molecular formula is C44H50N6O8S2. The van der Waals surface area contributed by atoms with Gasteiger partial charge in [-0.05, 0) is 93.3 Å². The zero-order valence-corrected chi connectivity index (χ0v) is 35.6. The Hall–Kier alpha value is -5.88. The summed E-state index contributed by atoms with van der Waals surface area (Å²) >= 11 is 0. The molecular weight excluding hydrogens is 805 g/mol. The molecule has 0 unspecified atom stereocenters. The van der Waals surface area contributed by atoms with Gasteiger partial charge in [0.15, 0.2) is 0 Å². The van der Waals surface area contributed by atoms with Crippen LogP contribution in [0.5, 0.6) is 11.5 Å². The Morgan fingerprint density at radius 3 is 1.37 bits per heavy atom. The number of aryl methyl sites for hydroxylation is 2. The molecule has 2 heterocycles. The molecule has 2 aromatic heterocycles. The molecule has 316 valence electrons. The molecule has 0 bridgehead atoms. The second-order valence-electron chi connectivity index (χ2n) is 15.0. The molecule has 9 N–H and O–H groups in total. The molecule has 0 aliphatic heterocycles. The first-order chi connectivity index (χ1) is 28.3. The summed E-state index contributed by atoms with van der Waals surface area (Å²) in [4.78, 5) is 8.56. The average molecular weight is 855 g/mol. The van der Waals surface area contributed by atoms with Gasteiger partial charge in [0, 0.05) is 64.7 Å². The second kappa shape index (κ2) is 19.0. The number of aromatic nitrogens is 2. The van der Waals surface area contributed by atoms with E-state index in [0.717, 1.165) is 22.5 Å². The van der Waals surface area contributed by atoms with Gasteiger partial charge in [-0.2, -0.15) is 0 Å². The number of aliphatic hydroxyl groups excluding tert-OH is 2. The average Bonchev–Trinajstić information content (AvgIpc) is 3.21. The molecule has 6 aromatic rings. The molecule has 0 amide bonds. The molecule has 6 rings (SSSR count). The standard InChI is InChI=1S/C24H29N3O4S.C20H21N3O4S/c1-16-23(29)21(15-28)18(13-25-16)14-26-19-11-9-17(10-12-19)20-7-5-6-8-22(20)32(30,31)27-24(2,3)4;1-13-20(25)18(12-24)15(10-22-13)11-23-16-8-6-14(7-9-16)17-4-2-3-5-19(17)28(21,26)27/h5-13,26-29H,14-15H2,1-4H3;2-10,23-25H,11-12H2,1H3,(H2,21,26,27). The zero-order valence-electron chi connectivity index (χ0n) is 33.9. The number of pyridine rings is 2. The van der Waals surface area contributed by atoms with Crippen LogP contribution in [0.25, 0.3) is 22.3 Å². The van der Waals surface area contributed by atoms with E-state index in [-0.39, 0.29) is 34.5 Å². The summed E-state index contributed by atoms with van der Waals surface area (Å²) in [6, 6.07) is 28.1. The molecule has 14 nitrogen and oxygen atoms in total. The molecule has 0 spiro atoms. The Bertz CT molecular complexity index is 2670. The van der Waals surface area contributed by atoms with E-state index in [1.165, 1.54) is 6.07 Å². The van der Waals surface area contributed by atoms with Crippen LogP contribution in [0.3, 0.4) is 0 Å². The van der Waals surface area contributed by atoms with E-state index >= 15 is 0 Å². The molecule has 0 aliphatic carbocycles. The van der Waals surface area contributed by atoms with Crippen molar-refractivity contribution in [2.45, 2.75) is 76.3 Å². The fourth-order valence-corrected chi connectivity index (χ4v) is 8.72. The molecule has 60 heavy (non-hydrogen) atoms. The number of nitrogens with two attached hydrogens (primary N) is 1. The maximum atomic E-state index is 12.9. The van der Waals surface area contributed by atoms with E-state index in [0.29, 0.717) is 57.9 Å². The first-order valence-corrected chi connectivity index (χ1v) is 21.8. The molecule has 0 saturated carbocycles. The van der Waals surface area contributed by atoms with Crippen LogP contribution in [0.2, 0.25) is 0 Å². The smallest absolute Gasteiger partial charge is 0.241 e. The van der Waals surface area contributed by atoms with Crippen LogP contribution >= 0.6 is 0 Å². The Kier molecular flexibility index (Phi) is 14.3. The van der Waals surface area contributed by atoms with Crippen LogP contribution in [0.15, 0.2) is 119 Å². The highest BCUT2D eigenvalue weighted by Crippen LogP contribution is 2.31. The number of rotatable bonds is 13. The number of aliphatic hydroxyl groups is 2. The molecule has 0 aliphatic rings. The minimum Gasteiger partial charge on any atom is -0.506 e. The first-order valence-electron chi connectivity index (χ1n) is 18.8. The van der Waals surface area contributed by atoms with Crippen molar-refractivity contribution in [2.75, 3.05) is 10.6 Å². The number of hydrogen-bond acceptors (Lipinski definition) is 12. The van der Waals surface area contributed by atoms with E-state index in [1.807, 2.05) is 42.5 Å². The molecule has 0 saturated heterocycles. The highest BCUT2D eigenvalue weighted by molar-refractivity contribution is 7.89. The number of benzene rings is 4. The summed E-state index contributed by atoms with van der Waals surface area (Å²) in [5.74, 6) is 0.000536. The highest BCUT2D eigenvalue weighted by atomic mass is 32.2. The van der Waals surface area contributed by atoms with Gasteiger partial charge in [-0.25, -0.2) is 26.7 Å². The van der Waals surface area contributed by atoms with Crippen molar-refractivity contribution >= 4 is 31.4 Å². The monoisotopic (exact) mass is 854 g/mol. The van der Waals surface area contributed by atoms with Gasteiger partial charge in [0.25, 0.3) is 0 Å². The van der Waals surface area contributed by atoms with Crippen LogP contribution < -0.4 is 20.5 Å². The zero-order chi connectivity index (χ0) is 43.8. The normalized spacial score (nSPS) is 11.7. The van der Waals surface area contributed by atoms with Crippen LogP contribution in [-0.2, 0) is 46.3 Å². The number of nitrogens with one attached hydrogen (secondary N) is 3. The molecule has 4 aromatic carbocycles. The Morgan fingerprint density at radius 1 is 0.600 bits per heavy atom.